The first-order chi connectivity index (χ1) is 20.0. The molecule has 0 radical (unpaired) electrons. The fourth-order valence-electron chi connectivity index (χ4n) is 3.20. The number of nitrogens with one attached hydrogen (secondary N) is 6. The van der Waals surface area contributed by atoms with Crippen LogP contribution < -0.4 is 32.1 Å². The molecule has 254 valence electrons. The lowest BCUT2D eigenvalue weighted by Crippen LogP contribution is -2.56. The van der Waals surface area contributed by atoms with Gasteiger partial charge >= 0.3 is 18.2 Å². The van der Waals surface area contributed by atoms with Crippen molar-refractivity contribution in [1.29, 1.82) is 0 Å². The van der Waals surface area contributed by atoms with E-state index in [9.17, 15) is 33.9 Å². The Balaban J connectivity index is 4.56. The maximum Gasteiger partial charge on any atom is 0.426 e. The first-order valence-corrected chi connectivity index (χ1v) is 14.4. The molecule has 3 atom stereocenters. The predicted molar refractivity (Wildman–Crippen MR) is 160 cm³/mol. The van der Waals surface area contributed by atoms with Crippen LogP contribution in [0.15, 0.2) is 0 Å². The number of aliphatic hydroxyl groups excluding tert-OH is 1. The molecule has 0 aliphatic heterocycles. The van der Waals surface area contributed by atoms with E-state index < -0.39 is 65.0 Å². The molecule has 0 rings (SSSR count). The highest BCUT2D eigenvalue weighted by Crippen LogP contribution is 2.13. The van der Waals surface area contributed by atoms with Crippen molar-refractivity contribution >= 4 is 35.9 Å². The maximum absolute atomic E-state index is 12.6. The number of ether oxygens (including phenoxy) is 3. The average molecular weight is 633 g/mol. The average Bonchev–Trinajstić information content (AvgIpc) is 2.82. The van der Waals surface area contributed by atoms with E-state index in [4.69, 9.17) is 14.2 Å². The maximum atomic E-state index is 12.6. The zero-order valence-electron chi connectivity index (χ0n) is 27.6. The van der Waals surface area contributed by atoms with Gasteiger partial charge in [-0.05, 0) is 75.7 Å². The van der Waals surface area contributed by atoms with Crippen LogP contribution in [0.25, 0.3) is 0 Å². The van der Waals surface area contributed by atoms with E-state index in [1.54, 1.807) is 62.3 Å². The van der Waals surface area contributed by atoms with Crippen LogP contribution in [0.3, 0.4) is 0 Å². The molecule has 0 unspecified atom stereocenters. The molecule has 0 saturated carbocycles. The number of hydrazine groups is 1. The molecule has 0 aliphatic carbocycles. The van der Waals surface area contributed by atoms with Gasteiger partial charge in [0.1, 0.15) is 28.9 Å². The van der Waals surface area contributed by atoms with Crippen molar-refractivity contribution in [3.05, 3.63) is 0 Å². The molecule has 0 aromatic heterocycles. The van der Waals surface area contributed by atoms with Crippen molar-refractivity contribution in [2.24, 2.45) is 0 Å². The number of aliphatic hydroxyl groups is 1. The molecule has 0 aliphatic rings. The van der Waals surface area contributed by atoms with Crippen molar-refractivity contribution in [2.75, 3.05) is 19.6 Å². The molecule has 5 amide bonds. The largest absolute Gasteiger partial charge is 0.458 e. The van der Waals surface area contributed by atoms with Gasteiger partial charge in [-0.3, -0.25) is 19.8 Å². The Kier molecular flexibility index (Phi) is 16.7. The molecule has 44 heavy (non-hydrogen) atoms. The van der Waals surface area contributed by atoms with Crippen LogP contribution in [-0.2, 0) is 33.4 Å². The quantitative estimate of drug-likeness (QED) is 0.0605. The number of carbonyl (C=O) groups excluding carboxylic acids is 6. The van der Waals surface area contributed by atoms with E-state index in [1.807, 2.05) is 0 Å². The van der Waals surface area contributed by atoms with E-state index in [0.717, 1.165) is 0 Å². The van der Waals surface area contributed by atoms with E-state index in [0.29, 0.717) is 6.54 Å². The monoisotopic (exact) mass is 632 g/mol. The van der Waals surface area contributed by atoms with Crippen molar-refractivity contribution in [3.8, 4) is 0 Å². The topological polar surface area (TPSA) is 223 Å². The van der Waals surface area contributed by atoms with Gasteiger partial charge in [-0.15, -0.1) is 0 Å². The van der Waals surface area contributed by atoms with E-state index >= 15 is 0 Å². The molecule has 0 aromatic rings. The van der Waals surface area contributed by atoms with Crippen molar-refractivity contribution in [1.82, 2.24) is 32.1 Å². The molecule has 0 heterocycles. The van der Waals surface area contributed by atoms with E-state index in [-0.39, 0.29) is 38.3 Å². The van der Waals surface area contributed by atoms with Gasteiger partial charge in [0.25, 0.3) is 5.91 Å². The lowest BCUT2D eigenvalue weighted by molar-refractivity contribution is -0.157. The highest BCUT2D eigenvalue weighted by molar-refractivity contribution is 5.89. The lowest BCUT2D eigenvalue weighted by Gasteiger charge is -2.26. The number of esters is 1. The predicted octanol–water partition coefficient (Wildman–Crippen LogP) is 0.519. The summed E-state index contributed by atoms with van der Waals surface area (Å²) in [6.07, 6.45) is -3.10. The van der Waals surface area contributed by atoms with Crippen LogP contribution in [-0.4, -0.2) is 95.6 Å². The zero-order chi connectivity index (χ0) is 34.3. The van der Waals surface area contributed by atoms with Gasteiger partial charge in [-0.25, -0.2) is 19.8 Å². The molecule has 0 spiro atoms. The summed E-state index contributed by atoms with van der Waals surface area (Å²) in [5, 5.41) is 20.4. The Hall–Kier alpha value is -3.66. The van der Waals surface area contributed by atoms with Crippen LogP contribution in [0.1, 0.15) is 88.5 Å². The molecule has 16 nitrogen and oxygen atoms in total. The van der Waals surface area contributed by atoms with E-state index in [2.05, 4.69) is 32.1 Å². The van der Waals surface area contributed by atoms with Gasteiger partial charge in [0, 0.05) is 32.5 Å². The second-order valence-electron chi connectivity index (χ2n) is 13.0. The molecule has 0 aromatic carbocycles. The smallest absolute Gasteiger partial charge is 0.426 e. The van der Waals surface area contributed by atoms with Gasteiger partial charge < -0.3 is 40.6 Å². The summed E-state index contributed by atoms with van der Waals surface area (Å²) in [6.45, 7) is 17.1. The van der Waals surface area contributed by atoms with Gasteiger partial charge in [-0.1, -0.05) is 0 Å². The Morgan fingerprint density at radius 1 is 0.659 bits per heavy atom. The first-order valence-electron chi connectivity index (χ1n) is 14.4. The van der Waals surface area contributed by atoms with Crippen molar-refractivity contribution < 1.29 is 48.1 Å². The number of hydrogen-bond donors (Lipinski definition) is 7. The highest BCUT2D eigenvalue weighted by atomic mass is 16.6. The molecule has 7 N–H and O–H groups in total. The first kappa shape index (κ1) is 40.3. The normalized spacial score (nSPS) is 13.8. The number of hydrogen-bond acceptors (Lipinski definition) is 11. The molecule has 16 heteroatoms. The summed E-state index contributed by atoms with van der Waals surface area (Å²) in [6, 6.07) is -2.42. The minimum Gasteiger partial charge on any atom is -0.458 e. The third-order valence-electron chi connectivity index (χ3n) is 4.96. The summed E-state index contributed by atoms with van der Waals surface area (Å²) in [5.41, 5.74) is 1.79. The number of rotatable bonds is 14. The molecule has 0 saturated heterocycles. The molecular formula is C28H52N6O10. The molecule has 0 bridgehead atoms. The fraction of sp³-hybridized carbons (Fsp3) is 0.786. The highest BCUT2D eigenvalue weighted by Gasteiger charge is 2.29. The summed E-state index contributed by atoms with van der Waals surface area (Å²) in [4.78, 5) is 73.4. The molecule has 0 fully saturated rings. The number of carbonyl (C=O) groups is 6. The third-order valence-corrected chi connectivity index (χ3v) is 4.96. The van der Waals surface area contributed by atoms with Crippen LogP contribution in [0.4, 0.5) is 9.59 Å². The summed E-state index contributed by atoms with van der Waals surface area (Å²) < 4.78 is 15.6. The van der Waals surface area contributed by atoms with Gasteiger partial charge in [-0.2, -0.15) is 0 Å². The standard InChI is InChI=1S/C28H52N6O10/c1-17(35)21(22(38)33-34-25(41)44-28(8,9)10)32-20(37)13-14-29-15-16-30-19(36)12-11-18(23(39)42-26(2,3)4)31-24(40)43-27(5,6)7/h17-18,21,29,35H,11-16H2,1-10H3,(H,30,36)(H,31,40)(H,32,37)(H,33,38)(H,34,41)/t17-,18-,21-/m0/s1. The minimum atomic E-state index is -1.33. The van der Waals surface area contributed by atoms with Crippen LogP contribution >= 0.6 is 0 Å². The zero-order valence-corrected chi connectivity index (χ0v) is 27.6. The summed E-state index contributed by atoms with van der Waals surface area (Å²) >= 11 is 0. The second-order valence-corrected chi connectivity index (χ2v) is 13.0. The Morgan fingerprint density at radius 3 is 1.73 bits per heavy atom. The van der Waals surface area contributed by atoms with Crippen molar-refractivity contribution in [2.45, 2.75) is 123 Å². The van der Waals surface area contributed by atoms with Gasteiger partial charge in [0.2, 0.25) is 11.8 Å². The summed E-state index contributed by atoms with van der Waals surface area (Å²) in [5.74, 6) is -2.43. The number of amides is 5. The fourth-order valence-corrected chi connectivity index (χ4v) is 3.20. The van der Waals surface area contributed by atoms with Gasteiger partial charge in [0.05, 0.1) is 6.10 Å². The lowest BCUT2D eigenvalue weighted by atomic mass is 10.1. The Labute approximate surface area is 259 Å². The third kappa shape index (κ3) is 21.1. The Morgan fingerprint density at radius 2 is 1.20 bits per heavy atom. The Bertz CT molecular complexity index is 983. The van der Waals surface area contributed by atoms with Crippen LogP contribution in [0.5, 0.6) is 0 Å². The van der Waals surface area contributed by atoms with Crippen LogP contribution in [0.2, 0.25) is 0 Å². The van der Waals surface area contributed by atoms with Crippen LogP contribution in [0, 0.1) is 0 Å². The van der Waals surface area contributed by atoms with Crippen molar-refractivity contribution in [3.63, 3.8) is 0 Å². The second kappa shape index (κ2) is 18.2. The summed E-state index contributed by atoms with van der Waals surface area (Å²) in [7, 11) is 0. The molecular weight excluding hydrogens is 580 g/mol. The SMILES string of the molecule is C[C@H](O)[C@H](NC(=O)CCNCCNC(=O)CC[C@H](NC(=O)OC(C)(C)C)C(=O)OC(C)(C)C)C(=O)NNC(=O)OC(C)(C)C. The minimum absolute atomic E-state index is 0.0150. The van der Waals surface area contributed by atoms with E-state index in [1.165, 1.54) is 6.92 Å². The number of alkyl carbamates (subject to hydrolysis) is 1. The van der Waals surface area contributed by atoms with Gasteiger partial charge in [0.15, 0.2) is 0 Å².